The van der Waals surface area contributed by atoms with E-state index in [1.54, 1.807) is 25.2 Å². The lowest BCUT2D eigenvalue weighted by Crippen LogP contribution is -2.46. The second-order valence-corrected chi connectivity index (χ2v) is 5.60. The molecule has 0 N–H and O–H groups in total. The Morgan fingerprint density at radius 2 is 2.23 bits per heavy atom. The molecule has 6 nitrogen and oxygen atoms in total. The minimum atomic E-state index is 0.0234. The molecule has 0 fully saturated rings. The third-order valence-corrected chi connectivity index (χ3v) is 3.76. The predicted octanol–water partition coefficient (Wildman–Crippen LogP) is 2.00. The SMILES string of the molecule is CN(C)C(=O)N1Cc2cccn2C(COc2ccccn2)C1. The van der Waals surface area contributed by atoms with Gasteiger partial charge < -0.3 is 19.1 Å². The molecule has 2 aromatic heterocycles. The van der Waals surface area contributed by atoms with Gasteiger partial charge in [-0.2, -0.15) is 0 Å². The molecule has 0 radical (unpaired) electrons. The van der Waals surface area contributed by atoms with E-state index in [1.165, 1.54) is 0 Å². The number of ether oxygens (including phenoxy) is 1. The van der Waals surface area contributed by atoms with Crippen LogP contribution in [0.25, 0.3) is 0 Å². The second kappa shape index (κ2) is 6.09. The van der Waals surface area contributed by atoms with Crippen molar-refractivity contribution in [2.75, 3.05) is 27.2 Å². The maximum Gasteiger partial charge on any atom is 0.319 e. The van der Waals surface area contributed by atoms with Gasteiger partial charge in [0.15, 0.2) is 0 Å². The molecule has 2 amide bonds. The smallest absolute Gasteiger partial charge is 0.319 e. The number of hydrogen-bond donors (Lipinski definition) is 0. The molecule has 3 heterocycles. The van der Waals surface area contributed by atoms with Crippen LogP contribution in [0.2, 0.25) is 0 Å². The van der Waals surface area contributed by atoms with Crippen molar-refractivity contribution in [1.82, 2.24) is 19.4 Å². The van der Waals surface area contributed by atoms with Crippen LogP contribution in [0.4, 0.5) is 4.79 Å². The summed E-state index contributed by atoms with van der Waals surface area (Å²) in [5, 5.41) is 0. The van der Waals surface area contributed by atoms with E-state index in [9.17, 15) is 4.79 Å². The Kier molecular flexibility index (Phi) is 4.00. The minimum absolute atomic E-state index is 0.0234. The van der Waals surface area contributed by atoms with Gasteiger partial charge in [-0.1, -0.05) is 6.07 Å². The summed E-state index contributed by atoms with van der Waals surface area (Å²) in [4.78, 5) is 19.9. The Balaban J connectivity index is 1.74. The minimum Gasteiger partial charge on any atom is -0.475 e. The first-order valence-corrected chi connectivity index (χ1v) is 7.31. The van der Waals surface area contributed by atoms with Crippen molar-refractivity contribution >= 4 is 6.03 Å². The van der Waals surface area contributed by atoms with Gasteiger partial charge in [0.1, 0.15) is 6.61 Å². The molecular formula is C16H20N4O2. The van der Waals surface area contributed by atoms with Crippen molar-refractivity contribution in [3.63, 3.8) is 0 Å². The zero-order chi connectivity index (χ0) is 15.5. The fourth-order valence-electron chi connectivity index (χ4n) is 2.70. The van der Waals surface area contributed by atoms with Gasteiger partial charge in [-0.15, -0.1) is 0 Å². The molecule has 0 saturated carbocycles. The van der Waals surface area contributed by atoms with E-state index in [2.05, 4.69) is 9.55 Å². The molecule has 1 atom stereocenters. The molecule has 22 heavy (non-hydrogen) atoms. The van der Waals surface area contributed by atoms with E-state index in [1.807, 2.05) is 41.4 Å². The predicted molar refractivity (Wildman–Crippen MR) is 82.7 cm³/mol. The average molecular weight is 300 g/mol. The maximum absolute atomic E-state index is 12.2. The topological polar surface area (TPSA) is 50.6 Å². The largest absolute Gasteiger partial charge is 0.475 e. The molecule has 0 aliphatic carbocycles. The first kappa shape index (κ1) is 14.4. The summed E-state index contributed by atoms with van der Waals surface area (Å²) in [6, 6.07) is 9.75. The van der Waals surface area contributed by atoms with Crippen molar-refractivity contribution in [2.24, 2.45) is 0 Å². The second-order valence-electron chi connectivity index (χ2n) is 5.60. The van der Waals surface area contributed by atoms with Crippen molar-refractivity contribution in [1.29, 1.82) is 0 Å². The molecule has 0 aromatic carbocycles. The van der Waals surface area contributed by atoms with E-state index >= 15 is 0 Å². The van der Waals surface area contributed by atoms with Crippen LogP contribution in [0.1, 0.15) is 11.7 Å². The summed E-state index contributed by atoms with van der Waals surface area (Å²) >= 11 is 0. The monoisotopic (exact) mass is 300 g/mol. The first-order chi connectivity index (χ1) is 10.6. The van der Waals surface area contributed by atoms with Crippen LogP contribution in [0.15, 0.2) is 42.7 Å². The fraction of sp³-hybridized carbons (Fsp3) is 0.375. The maximum atomic E-state index is 12.2. The summed E-state index contributed by atoms with van der Waals surface area (Å²) in [5.41, 5.74) is 1.12. The van der Waals surface area contributed by atoms with Crippen molar-refractivity contribution < 1.29 is 9.53 Å². The van der Waals surface area contributed by atoms with Crippen molar-refractivity contribution in [3.05, 3.63) is 48.4 Å². The molecule has 0 bridgehead atoms. The molecule has 0 spiro atoms. The molecule has 3 rings (SSSR count). The number of pyridine rings is 1. The van der Waals surface area contributed by atoms with Crippen LogP contribution < -0.4 is 4.74 Å². The molecular weight excluding hydrogens is 280 g/mol. The molecule has 0 saturated heterocycles. The summed E-state index contributed by atoms with van der Waals surface area (Å²) in [6.45, 7) is 1.74. The Hall–Kier alpha value is -2.50. The number of amides is 2. The summed E-state index contributed by atoms with van der Waals surface area (Å²) in [5.74, 6) is 0.604. The van der Waals surface area contributed by atoms with Gasteiger partial charge in [0, 0.05) is 44.8 Å². The lowest BCUT2D eigenvalue weighted by molar-refractivity contribution is 0.128. The molecule has 116 valence electrons. The van der Waals surface area contributed by atoms with Crippen LogP contribution in [-0.2, 0) is 6.54 Å². The van der Waals surface area contributed by atoms with E-state index in [4.69, 9.17) is 4.74 Å². The van der Waals surface area contributed by atoms with Crippen molar-refractivity contribution in [3.8, 4) is 5.88 Å². The quantitative estimate of drug-likeness (QED) is 0.871. The molecule has 1 unspecified atom stereocenters. The fourth-order valence-corrected chi connectivity index (χ4v) is 2.70. The van der Waals surface area contributed by atoms with Gasteiger partial charge in [-0.25, -0.2) is 9.78 Å². The Morgan fingerprint density at radius 1 is 1.36 bits per heavy atom. The normalized spacial score (nSPS) is 17.0. The van der Waals surface area contributed by atoms with E-state index in [-0.39, 0.29) is 12.1 Å². The van der Waals surface area contributed by atoms with Gasteiger partial charge >= 0.3 is 6.03 Å². The zero-order valence-electron chi connectivity index (χ0n) is 12.8. The average Bonchev–Trinajstić information content (AvgIpc) is 3.01. The summed E-state index contributed by atoms with van der Waals surface area (Å²) in [6.07, 6.45) is 3.75. The van der Waals surface area contributed by atoms with Crippen LogP contribution in [0, 0.1) is 0 Å². The summed E-state index contributed by atoms with van der Waals surface area (Å²) < 4.78 is 7.96. The van der Waals surface area contributed by atoms with E-state index in [0.29, 0.717) is 25.6 Å². The number of fused-ring (bicyclic) bond motifs is 1. The molecule has 2 aromatic rings. The lowest BCUT2D eigenvalue weighted by Gasteiger charge is -2.36. The van der Waals surface area contributed by atoms with Crippen molar-refractivity contribution in [2.45, 2.75) is 12.6 Å². The number of rotatable bonds is 3. The number of nitrogens with zero attached hydrogens (tertiary/aromatic N) is 4. The van der Waals surface area contributed by atoms with Crippen LogP contribution in [-0.4, -0.2) is 52.6 Å². The number of carbonyl (C=O) groups is 1. The Labute approximate surface area is 129 Å². The highest BCUT2D eigenvalue weighted by Crippen LogP contribution is 2.23. The third-order valence-electron chi connectivity index (χ3n) is 3.76. The molecule has 1 aliphatic heterocycles. The van der Waals surface area contributed by atoms with Crippen LogP contribution in [0.5, 0.6) is 5.88 Å². The Bertz CT molecular complexity index is 639. The van der Waals surface area contributed by atoms with Crippen LogP contribution >= 0.6 is 0 Å². The zero-order valence-corrected chi connectivity index (χ0v) is 12.8. The van der Waals surface area contributed by atoms with E-state index in [0.717, 1.165) is 5.69 Å². The van der Waals surface area contributed by atoms with Gasteiger partial charge in [0.05, 0.1) is 12.6 Å². The summed E-state index contributed by atoms with van der Waals surface area (Å²) in [7, 11) is 3.55. The van der Waals surface area contributed by atoms with Gasteiger partial charge in [0.25, 0.3) is 0 Å². The lowest BCUT2D eigenvalue weighted by atomic mass is 10.2. The highest BCUT2D eigenvalue weighted by molar-refractivity contribution is 5.74. The van der Waals surface area contributed by atoms with Crippen LogP contribution in [0.3, 0.4) is 0 Å². The number of aromatic nitrogens is 2. The van der Waals surface area contributed by atoms with Gasteiger partial charge in [0.2, 0.25) is 5.88 Å². The van der Waals surface area contributed by atoms with Gasteiger partial charge in [-0.3, -0.25) is 0 Å². The Morgan fingerprint density at radius 3 is 2.95 bits per heavy atom. The van der Waals surface area contributed by atoms with Gasteiger partial charge in [-0.05, 0) is 18.2 Å². The number of carbonyl (C=O) groups excluding carboxylic acids is 1. The third kappa shape index (κ3) is 2.90. The molecule has 6 heteroatoms. The standard InChI is InChI=1S/C16H20N4O2/c1-18(2)16(21)19-10-13-6-5-9-20(13)14(11-19)12-22-15-7-3-4-8-17-15/h3-9,14H,10-12H2,1-2H3. The number of urea groups is 1. The highest BCUT2D eigenvalue weighted by Gasteiger charge is 2.28. The highest BCUT2D eigenvalue weighted by atomic mass is 16.5. The first-order valence-electron chi connectivity index (χ1n) is 7.31. The van der Waals surface area contributed by atoms with E-state index < -0.39 is 0 Å². The number of hydrogen-bond acceptors (Lipinski definition) is 3. The molecule has 1 aliphatic rings.